The molecule has 0 bridgehead atoms. The Morgan fingerprint density at radius 2 is 1.78 bits per heavy atom. The van der Waals surface area contributed by atoms with Gasteiger partial charge in [0.25, 0.3) is 5.91 Å². The third kappa shape index (κ3) is 4.67. The molecule has 2 rings (SSSR count). The molecule has 0 fully saturated rings. The maximum Gasteiger partial charge on any atom is 0.272 e. The van der Waals surface area contributed by atoms with Crippen LogP contribution in [0.4, 0.5) is 0 Å². The van der Waals surface area contributed by atoms with Crippen LogP contribution < -0.4 is 10.6 Å². The molecule has 1 unspecified atom stereocenters. The Hall–Kier alpha value is -2.63. The van der Waals surface area contributed by atoms with Crippen molar-refractivity contribution in [3.63, 3.8) is 0 Å². The van der Waals surface area contributed by atoms with Gasteiger partial charge in [-0.05, 0) is 45.9 Å². The first-order valence-corrected chi connectivity index (χ1v) is 7.50. The fourth-order valence-corrected chi connectivity index (χ4v) is 1.98. The Morgan fingerprint density at radius 1 is 1.13 bits per heavy atom. The van der Waals surface area contributed by atoms with Gasteiger partial charge < -0.3 is 10.6 Å². The maximum absolute atomic E-state index is 12.2. The molecule has 0 aliphatic carbocycles. The standard InChI is InChI=1S/C17H22N4O2/c1-12(15(22)19-17(2,3)4)18-16(23)14-10-11-21(20-14)13-8-6-5-7-9-13/h5-12H,1-4H3,(H,18,23)(H,19,22). The van der Waals surface area contributed by atoms with Gasteiger partial charge in [-0.3, -0.25) is 9.59 Å². The molecule has 1 aromatic heterocycles. The summed E-state index contributed by atoms with van der Waals surface area (Å²) in [7, 11) is 0. The summed E-state index contributed by atoms with van der Waals surface area (Å²) in [5.74, 6) is -0.607. The number of aromatic nitrogens is 2. The van der Waals surface area contributed by atoms with E-state index in [4.69, 9.17) is 0 Å². The van der Waals surface area contributed by atoms with E-state index in [1.54, 1.807) is 23.9 Å². The number of nitrogens with zero attached hydrogens (tertiary/aromatic N) is 2. The molecule has 0 saturated heterocycles. The molecule has 0 aliphatic rings. The second-order valence-electron chi connectivity index (χ2n) is 6.42. The molecule has 0 radical (unpaired) electrons. The van der Waals surface area contributed by atoms with Gasteiger partial charge in [-0.2, -0.15) is 5.10 Å². The number of carbonyl (C=O) groups excluding carboxylic acids is 2. The fourth-order valence-electron chi connectivity index (χ4n) is 1.98. The molecule has 1 atom stereocenters. The highest BCUT2D eigenvalue weighted by Gasteiger charge is 2.22. The zero-order chi connectivity index (χ0) is 17.0. The molecular weight excluding hydrogens is 292 g/mol. The molecular formula is C17H22N4O2. The van der Waals surface area contributed by atoms with E-state index in [2.05, 4.69) is 15.7 Å². The zero-order valence-corrected chi connectivity index (χ0v) is 13.8. The number of hydrogen-bond donors (Lipinski definition) is 2. The zero-order valence-electron chi connectivity index (χ0n) is 13.8. The summed E-state index contributed by atoms with van der Waals surface area (Å²) in [6.07, 6.45) is 1.71. The Labute approximate surface area is 135 Å². The summed E-state index contributed by atoms with van der Waals surface area (Å²) in [5, 5.41) is 9.72. The lowest BCUT2D eigenvalue weighted by Gasteiger charge is -2.23. The van der Waals surface area contributed by atoms with Crippen LogP contribution in [-0.4, -0.2) is 33.2 Å². The van der Waals surface area contributed by atoms with E-state index < -0.39 is 6.04 Å². The summed E-state index contributed by atoms with van der Waals surface area (Å²) in [6.45, 7) is 7.32. The first-order valence-electron chi connectivity index (χ1n) is 7.50. The molecule has 6 heteroatoms. The molecule has 0 spiro atoms. The minimum Gasteiger partial charge on any atom is -0.350 e. The van der Waals surface area contributed by atoms with Crippen molar-refractivity contribution in [2.75, 3.05) is 0 Å². The second-order valence-corrected chi connectivity index (χ2v) is 6.42. The third-order valence-electron chi connectivity index (χ3n) is 3.08. The van der Waals surface area contributed by atoms with Crippen molar-refractivity contribution in [3.8, 4) is 5.69 Å². The van der Waals surface area contributed by atoms with Crippen LogP contribution in [0.25, 0.3) is 5.69 Å². The van der Waals surface area contributed by atoms with Crippen molar-refractivity contribution in [2.45, 2.75) is 39.3 Å². The van der Waals surface area contributed by atoms with Crippen molar-refractivity contribution in [1.82, 2.24) is 20.4 Å². The predicted molar refractivity (Wildman–Crippen MR) is 88.4 cm³/mol. The first kappa shape index (κ1) is 16.7. The van der Waals surface area contributed by atoms with Crippen LogP contribution >= 0.6 is 0 Å². The van der Waals surface area contributed by atoms with Gasteiger partial charge in [0, 0.05) is 11.7 Å². The maximum atomic E-state index is 12.2. The van der Waals surface area contributed by atoms with Crippen molar-refractivity contribution >= 4 is 11.8 Å². The van der Waals surface area contributed by atoms with Crippen molar-refractivity contribution in [1.29, 1.82) is 0 Å². The van der Waals surface area contributed by atoms with E-state index in [-0.39, 0.29) is 23.0 Å². The number of rotatable bonds is 4. The predicted octanol–water partition coefficient (Wildman–Crippen LogP) is 1.91. The average molecular weight is 314 g/mol. The van der Waals surface area contributed by atoms with Crippen LogP contribution in [0.3, 0.4) is 0 Å². The summed E-state index contributed by atoms with van der Waals surface area (Å²) in [4.78, 5) is 24.2. The van der Waals surface area contributed by atoms with Gasteiger partial charge in [-0.15, -0.1) is 0 Å². The number of carbonyl (C=O) groups is 2. The van der Waals surface area contributed by atoms with Crippen LogP contribution in [0, 0.1) is 0 Å². The van der Waals surface area contributed by atoms with E-state index in [0.717, 1.165) is 5.69 Å². The molecule has 6 nitrogen and oxygen atoms in total. The third-order valence-corrected chi connectivity index (χ3v) is 3.08. The van der Waals surface area contributed by atoms with E-state index in [0.29, 0.717) is 0 Å². The van der Waals surface area contributed by atoms with E-state index in [1.807, 2.05) is 51.1 Å². The molecule has 0 aliphatic heterocycles. The van der Waals surface area contributed by atoms with E-state index >= 15 is 0 Å². The minimum absolute atomic E-state index is 0.228. The van der Waals surface area contributed by atoms with Crippen LogP contribution in [-0.2, 0) is 4.79 Å². The number of hydrogen-bond acceptors (Lipinski definition) is 3. The molecule has 23 heavy (non-hydrogen) atoms. The highest BCUT2D eigenvalue weighted by atomic mass is 16.2. The van der Waals surface area contributed by atoms with Gasteiger partial charge in [-0.25, -0.2) is 4.68 Å². The number of benzene rings is 1. The molecule has 122 valence electrons. The topological polar surface area (TPSA) is 76.0 Å². The highest BCUT2D eigenvalue weighted by molar-refractivity contribution is 5.96. The molecule has 1 heterocycles. The average Bonchev–Trinajstić information content (AvgIpc) is 2.96. The highest BCUT2D eigenvalue weighted by Crippen LogP contribution is 2.07. The lowest BCUT2D eigenvalue weighted by Crippen LogP contribution is -2.50. The lowest BCUT2D eigenvalue weighted by atomic mass is 10.1. The van der Waals surface area contributed by atoms with Crippen molar-refractivity contribution in [3.05, 3.63) is 48.3 Å². The smallest absolute Gasteiger partial charge is 0.272 e. The quantitative estimate of drug-likeness (QED) is 0.905. The molecule has 1 aromatic carbocycles. The minimum atomic E-state index is -0.636. The van der Waals surface area contributed by atoms with Crippen LogP contribution in [0.15, 0.2) is 42.6 Å². The van der Waals surface area contributed by atoms with Crippen LogP contribution in [0.1, 0.15) is 38.2 Å². The normalized spacial score (nSPS) is 12.5. The Morgan fingerprint density at radius 3 is 2.39 bits per heavy atom. The van der Waals surface area contributed by atoms with Gasteiger partial charge in [0.2, 0.25) is 5.91 Å². The van der Waals surface area contributed by atoms with Crippen molar-refractivity contribution in [2.24, 2.45) is 0 Å². The van der Waals surface area contributed by atoms with Crippen LogP contribution in [0.5, 0.6) is 0 Å². The Kier molecular flexibility index (Phi) is 4.83. The van der Waals surface area contributed by atoms with E-state index in [1.165, 1.54) is 0 Å². The monoisotopic (exact) mass is 314 g/mol. The SMILES string of the molecule is CC(NC(=O)c1ccn(-c2ccccc2)n1)C(=O)NC(C)(C)C. The Balaban J connectivity index is 2.02. The molecule has 0 saturated carbocycles. The lowest BCUT2D eigenvalue weighted by molar-refractivity contribution is -0.124. The fraction of sp³-hybridized carbons (Fsp3) is 0.353. The number of nitrogens with one attached hydrogen (secondary N) is 2. The van der Waals surface area contributed by atoms with Gasteiger partial charge in [-0.1, -0.05) is 18.2 Å². The van der Waals surface area contributed by atoms with Gasteiger partial charge in [0.15, 0.2) is 5.69 Å². The van der Waals surface area contributed by atoms with Gasteiger partial charge in [0.05, 0.1) is 5.69 Å². The number of para-hydroxylation sites is 1. The molecule has 2 N–H and O–H groups in total. The summed E-state index contributed by atoms with van der Waals surface area (Å²) >= 11 is 0. The van der Waals surface area contributed by atoms with Crippen molar-refractivity contribution < 1.29 is 9.59 Å². The van der Waals surface area contributed by atoms with Gasteiger partial charge >= 0.3 is 0 Å². The number of amides is 2. The molecule has 2 aromatic rings. The summed E-state index contributed by atoms with van der Waals surface area (Å²) in [5.41, 5.74) is 0.791. The Bertz CT molecular complexity index is 686. The first-order chi connectivity index (χ1) is 10.8. The summed E-state index contributed by atoms with van der Waals surface area (Å²) < 4.78 is 1.62. The summed E-state index contributed by atoms with van der Waals surface area (Å²) in [6, 6.07) is 10.5. The van der Waals surface area contributed by atoms with E-state index in [9.17, 15) is 9.59 Å². The van der Waals surface area contributed by atoms with Gasteiger partial charge in [0.1, 0.15) is 6.04 Å². The second kappa shape index (κ2) is 6.64. The largest absolute Gasteiger partial charge is 0.350 e. The molecule has 2 amide bonds. The van der Waals surface area contributed by atoms with Crippen LogP contribution in [0.2, 0.25) is 0 Å².